The first kappa shape index (κ1) is 11.8. The lowest BCUT2D eigenvalue weighted by Crippen LogP contribution is -2.10. The maximum Gasteiger partial charge on any atom is 0.337 e. The highest BCUT2D eigenvalue weighted by molar-refractivity contribution is 5.89. The fraction of sp³-hybridized carbons (Fsp3) is 0.583. The number of hydrogen-bond acceptors (Lipinski definition) is 1. The molecule has 1 N–H and O–H groups in total. The third-order valence-electron chi connectivity index (χ3n) is 3.00. The van der Waals surface area contributed by atoms with Gasteiger partial charge in [0.25, 0.3) is 0 Å². The van der Waals surface area contributed by atoms with Crippen LogP contribution in [-0.2, 0) is 6.54 Å². The van der Waals surface area contributed by atoms with Crippen molar-refractivity contribution in [3.63, 3.8) is 0 Å². The summed E-state index contributed by atoms with van der Waals surface area (Å²) in [5.41, 5.74) is 2.32. The summed E-state index contributed by atoms with van der Waals surface area (Å²) in [7, 11) is 0. The maximum atomic E-state index is 10.9. The molecule has 1 unspecified atom stereocenters. The molecule has 0 saturated carbocycles. The molecule has 0 amide bonds. The van der Waals surface area contributed by atoms with E-state index in [1.54, 1.807) is 6.07 Å². The molecule has 0 saturated heterocycles. The number of nitrogens with zero attached hydrogens (tertiary/aromatic N) is 1. The topological polar surface area (TPSA) is 42.2 Å². The van der Waals surface area contributed by atoms with E-state index in [9.17, 15) is 4.79 Å². The van der Waals surface area contributed by atoms with Crippen molar-refractivity contribution in [1.29, 1.82) is 0 Å². The fourth-order valence-corrected chi connectivity index (χ4v) is 1.74. The number of aromatic nitrogens is 1. The van der Waals surface area contributed by atoms with Gasteiger partial charge >= 0.3 is 5.97 Å². The summed E-state index contributed by atoms with van der Waals surface area (Å²) in [6.07, 6.45) is 1.11. The van der Waals surface area contributed by atoms with Crippen molar-refractivity contribution >= 4 is 5.97 Å². The third-order valence-corrected chi connectivity index (χ3v) is 3.00. The lowest BCUT2D eigenvalue weighted by Gasteiger charge is -2.14. The number of carboxylic acids is 1. The van der Waals surface area contributed by atoms with Crippen LogP contribution in [-0.4, -0.2) is 15.6 Å². The van der Waals surface area contributed by atoms with E-state index in [1.165, 1.54) is 0 Å². The molecular weight excluding hydrogens is 190 g/mol. The summed E-state index contributed by atoms with van der Waals surface area (Å²) in [4.78, 5) is 10.9. The molecule has 0 fully saturated rings. The molecule has 15 heavy (non-hydrogen) atoms. The second kappa shape index (κ2) is 4.51. The molecule has 0 aliphatic heterocycles. The standard InChI is InChI=1S/C12H19NO2/c1-5-8(2)7-13-9(3)6-11(10(13)4)12(14)15/h6,8H,5,7H2,1-4H3,(H,14,15). The van der Waals surface area contributed by atoms with E-state index in [1.807, 2.05) is 13.8 Å². The van der Waals surface area contributed by atoms with Crippen molar-refractivity contribution in [3.8, 4) is 0 Å². The molecule has 1 heterocycles. The lowest BCUT2D eigenvalue weighted by molar-refractivity contribution is 0.0696. The first-order chi connectivity index (χ1) is 6.97. The van der Waals surface area contributed by atoms with Gasteiger partial charge in [0.15, 0.2) is 0 Å². The predicted molar refractivity (Wildman–Crippen MR) is 60.3 cm³/mol. The van der Waals surface area contributed by atoms with E-state index < -0.39 is 5.97 Å². The second-order valence-electron chi connectivity index (χ2n) is 4.21. The Hall–Kier alpha value is -1.25. The van der Waals surface area contributed by atoms with Crippen LogP contribution in [0.4, 0.5) is 0 Å². The first-order valence-corrected chi connectivity index (χ1v) is 5.37. The van der Waals surface area contributed by atoms with Crippen molar-refractivity contribution in [3.05, 3.63) is 23.0 Å². The largest absolute Gasteiger partial charge is 0.478 e. The van der Waals surface area contributed by atoms with Gasteiger partial charge in [0, 0.05) is 17.9 Å². The Bertz CT molecular complexity index is 366. The maximum absolute atomic E-state index is 10.9. The number of carbonyl (C=O) groups is 1. The van der Waals surface area contributed by atoms with Crippen molar-refractivity contribution < 1.29 is 9.90 Å². The second-order valence-corrected chi connectivity index (χ2v) is 4.21. The van der Waals surface area contributed by atoms with Crippen LogP contribution >= 0.6 is 0 Å². The Morgan fingerprint density at radius 3 is 2.53 bits per heavy atom. The Kier molecular flexibility index (Phi) is 3.56. The third kappa shape index (κ3) is 2.41. The van der Waals surface area contributed by atoms with Gasteiger partial charge in [-0.15, -0.1) is 0 Å². The van der Waals surface area contributed by atoms with Gasteiger partial charge in [0.05, 0.1) is 5.56 Å². The molecule has 1 atom stereocenters. The summed E-state index contributed by atoms with van der Waals surface area (Å²) >= 11 is 0. The van der Waals surface area contributed by atoms with Crippen LogP contribution < -0.4 is 0 Å². The number of hydrogen-bond donors (Lipinski definition) is 1. The zero-order valence-electron chi connectivity index (χ0n) is 9.87. The van der Waals surface area contributed by atoms with Crippen LogP contribution in [0.15, 0.2) is 6.07 Å². The zero-order valence-corrected chi connectivity index (χ0v) is 9.87. The Labute approximate surface area is 90.7 Å². The van der Waals surface area contributed by atoms with Gasteiger partial charge in [-0.2, -0.15) is 0 Å². The van der Waals surface area contributed by atoms with E-state index in [0.717, 1.165) is 24.4 Å². The van der Waals surface area contributed by atoms with Crippen LogP contribution in [0.5, 0.6) is 0 Å². The molecule has 0 spiro atoms. The minimum atomic E-state index is -0.835. The van der Waals surface area contributed by atoms with Gasteiger partial charge in [0.1, 0.15) is 0 Å². The van der Waals surface area contributed by atoms with E-state index in [-0.39, 0.29) is 0 Å². The summed E-state index contributed by atoms with van der Waals surface area (Å²) < 4.78 is 2.09. The minimum Gasteiger partial charge on any atom is -0.478 e. The number of aryl methyl sites for hydroxylation is 1. The minimum absolute atomic E-state index is 0.427. The van der Waals surface area contributed by atoms with Gasteiger partial charge in [-0.3, -0.25) is 0 Å². The van der Waals surface area contributed by atoms with Crippen LogP contribution in [0.1, 0.15) is 42.0 Å². The molecule has 3 nitrogen and oxygen atoms in total. The van der Waals surface area contributed by atoms with Gasteiger partial charge in [0.2, 0.25) is 0 Å². The summed E-state index contributed by atoms with van der Waals surface area (Å²) in [5, 5.41) is 8.98. The molecular formula is C12H19NO2. The first-order valence-electron chi connectivity index (χ1n) is 5.37. The van der Waals surface area contributed by atoms with Crippen molar-refractivity contribution in [2.75, 3.05) is 0 Å². The highest BCUT2D eigenvalue weighted by atomic mass is 16.4. The molecule has 1 aromatic rings. The van der Waals surface area contributed by atoms with Gasteiger partial charge in [-0.1, -0.05) is 20.3 Å². The van der Waals surface area contributed by atoms with E-state index in [2.05, 4.69) is 18.4 Å². The van der Waals surface area contributed by atoms with E-state index >= 15 is 0 Å². The van der Waals surface area contributed by atoms with E-state index in [0.29, 0.717) is 11.5 Å². The molecule has 1 rings (SSSR count). The normalized spacial score (nSPS) is 12.8. The Balaban J connectivity index is 3.03. The van der Waals surface area contributed by atoms with Gasteiger partial charge < -0.3 is 9.67 Å². The molecule has 0 aliphatic carbocycles. The lowest BCUT2D eigenvalue weighted by atomic mass is 10.1. The molecule has 3 heteroatoms. The monoisotopic (exact) mass is 209 g/mol. The average Bonchev–Trinajstić information content (AvgIpc) is 2.45. The molecule has 84 valence electrons. The van der Waals surface area contributed by atoms with Gasteiger partial charge in [-0.25, -0.2) is 4.79 Å². The summed E-state index contributed by atoms with van der Waals surface area (Å²) in [6.45, 7) is 9.07. The average molecular weight is 209 g/mol. The Morgan fingerprint density at radius 2 is 2.13 bits per heavy atom. The fourth-order valence-electron chi connectivity index (χ4n) is 1.74. The molecule has 1 aromatic heterocycles. The van der Waals surface area contributed by atoms with Gasteiger partial charge in [-0.05, 0) is 25.8 Å². The van der Waals surface area contributed by atoms with Crippen molar-refractivity contribution in [2.45, 2.75) is 40.7 Å². The number of carboxylic acid groups (broad SMARTS) is 1. The van der Waals surface area contributed by atoms with Crippen LogP contribution in [0.25, 0.3) is 0 Å². The number of aromatic carboxylic acids is 1. The van der Waals surface area contributed by atoms with Crippen LogP contribution in [0.2, 0.25) is 0 Å². The molecule has 0 bridgehead atoms. The quantitative estimate of drug-likeness (QED) is 0.828. The highest BCUT2D eigenvalue weighted by Gasteiger charge is 2.15. The molecule has 0 radical (unpaired) electrons. The van der Waals surface area contributed by atoms with Crippen LogP contribution in [0, 0.1) is 19.8 Å². The van der Waals surface area contributed by atoms with Crippen LogP contribution in [0.3, 0.4) is 0 Å². The van der Waals surface area contributed by atoms with Crippen molar-refractivity contribution in [2.24, 2.45) is 5.92 Å². The molecule has 0 aromatic carbocycles. The highest BCUT2D eigenvalue weighted by Crippen LogP contribution is 2.17. The summed E-state index contributed by atoms with van der Waals surface area (Å²) in [6, 6.07) is 1.75. The smallest absolute Gasteiger partial charge is 0.337 e. The predicted octanol–water partition coefficient (Wildman–Crippen LogP) is 2.85. The van der Waals surface area contributed by atoms with Crippen molar-refractivity contribution in [1.82, 2.24) is 4.57 Å². The zero-order chi connectivity index (χ0) is 11.6. The van der Waals surface area contributed by atoms with E-state index in [4.69, 9.17) is 5.11 Å². The Morgan fingerprint density at radius 1 is 1.53 bits per heavy atom. The summed E-state index contributed by atoms with van der Waals surface area (Å²) in [5.74, 6) is -0.255. The molecule has 0 aliphatic rings. The SMILES string of the molecule is CCC(C)Cn1c(C)cc(C(=O)O)c1C. The number of rotatable bonds is 4.